The van der Waals surface area contributed by atoms with Gasteiger partial charge in [-0.25, -0.2) is 17.6 Å². The van der Waals surface area contributed by atoms with Gasteiger partial charge in [0.1, 0.15) is 0 Å². The Labute approximate surface area is 88.7 Å². The Morgan fingerprint density at radius 3 is 2.21 bits per heavy atom. The van der Waals surface area contributed by atoms with Crippen molar-refractivity contribution in [3.63, 3.8) is 0 Å². The predicted molar refractivity (Wildman–Crippen MR) is 49.4 cm³/mol. The molecule has 0 spiro atoms. The van der Waals surface area contributed by atoms with E-state index >= 15 is 0 Å². The number of hydrogen-bond donors (Lipinski definition) is 1. The number of rotatable bonds is 2. The number of halogens is 5. The minimum Gasteiger partial charge on any atom is -0.301 e. The van der Waals surface area contributed by atoms with Gasteiger partial charge in [-0.3, -0.25) is 0 Å². The Morgan fingerprint density at radius 2 is 1.71 bits per heavy atom. The zero-order valence-corrected chi connectivity index (χ0v) is 8.65. The average Bonchev–Trinajstić information content (AvgIpc) is 2.06. The lowest BCUT2D eigenvalue weighted by molar-refractivity contribution is 0.335. The van der Waals surface area contributed by atoms with Crippen molar-refractivity contribution in [3.05, 3.63) is 35.1 Å². The van der Waals surface area contributed by atoms with Crippen molar-refractivity contribution in [2.75, 3.05) is 0 Å². The molecule has 1 aromatic carbocycles. The molecule has 80 valence electrons. The van der Waals surface area contributed by atoms with E-state index in [9.17, 15) is 17.6 Å². The molecule has 0 radical (unpaired) electrons. The third-order valence-corrected chi connectivity index (χ3v) is 1.53. The fourth-order valence-electron chi connectivity index (χ4n) is 0.934. The third kappa shape index (κ3) is 2.95. The van der Waals surface area contributed by atoms with Gasteiger partial charge < -0.3 is 5.73 Å². The number of benzene rings is 1. The smallest absolute Gasteiger partial charge is 0.194 e. The van der Waals surface area contributed by atoms with E-state index in [0.717, 1.165) is 12.1 Å². The normalized spacial score (nSPS) is 12.1. The van der Waals surface area contributed by atoms with E-state index in [-0.39, 0.29) is 22.5 Å². The molecule has 0 bridgehead atoms. The van der Waals surface area contributed by atoms with E-state index in [4.69, 9.17) is 5.73 Å². The average molecular weight is 274 g/mol. The molecule has 0 fully saturated rings. The largest absolute Gasteiger partial charge is 0.301 e. The summed E-state index contributed by atoms with van der Waals surface area (Å²) in [5.74, 6) is -4.28. The molecule has 0 amide bonds. The SMILES string of the molecule is Br.NC(F)Cc1ccc(F)c(F)c1F. The van der Waals surface area contributed by atoms with Gasteiger partial charge in [0.2, 0.25) is 0 Å². The van der Waals surface area contributed by atoms with Crippen molar-refractivity contribution in [2.24, 2.45) is 5.73 Å². The fraction of sp³-hybridized carbons (Fsp3) is 0.250. The molecule has 1 nitrogen and oxygen atoms in total. The Bertz CT molecular complexity index is 316. The zero-order chi connectivity index (χ0) is 10.0. The molecule has 0 saturated carbocycles. The molecule has 6 heteroatoms. The number of nitrogens with two attached hydrogens (primary N) is 1. The van der Waals surface area contributed by atoms with Crippen LogP contribution >= 0.6 is 17.0 Å². The standard InChI is InChI=1S/C8H7F4N.BrH/c9-5-2-1-4(3-6(10)13)7(11)8(5)12;/h1-2,6H,3,13H2;1H. The topological polar surface area (TPSA) is 26.0 Å². The summed E-state index contributed by atoms with van der Waals surface area (Å²) in [6, 6.07) is 1.70. The highest BCUT2D eigenvalue weighted by atomic mass is 79.9. The summed E-state index contributed by atoms with van der Waals surface area (Å²) in [7, 11) is 0. The lowest BCUT2D eigenvalue weighted by atomic mass is 10.1. The van der Waals surface area contributed by atoms with E-state index in [2.05, 4.69) is 0 Å². The highest BCUT2D eigenvalue weighted by molar-refractivity contribution is 8.93. The summed E-state index contributed by atoms with van der Waals surface area (Å²) in [4.78, 5) is 0. The molecule has 0 aliphatic carbocycles. The highest BCUT2D eigenvalue weighted by Crippen LogP contribution is 2.16. The predicted octanol–water partition coefficient (Wildman–Crippen LogP) is 2.48. The molecular weight excluding hydrogens is 266 g/mol. The number of hydrogen-bond acceptors (Lipinski definition) is 1. The van der Waals surface area contributed by atoms with Gasteiger partial charge in [0, 0.05) is 6.42 Å². The highest BCUT2D eigenvalue weighted by Gasteiger charge is 2.14. The van der Waals surface area contributed by atoms with Gasteiger partial charge in [-0.15, -0.1) is 17.0 Å². The lowest BCUT2D eigenvalue weighted by Gasteiger charge is -2.04. The van der Waals surface area contributed by atoms with Crippen molar-refractivity contribution >= 4 is 17.0 Å². The molecule has 0 heterocycles. The summed E-state index contributed by atoms with van der Waals surface area (Å²) in [6.07, 6.45) is -2.25. The summed E-state index contributed by atoms with van der Waals surface area (Å²) >= 11 is 0. The monoisotopic (exact) mass is 273 g/mol. The molecule has 0 aliphatic heterocycles. The van der Waals surface area contributed by atoms with E-state index in [1.807, 2.05) is 0 Å². The molecule has 0 aliphatic rings. The number of alkyl halides is 1. The minimum atomic E-state index is -1.78. The fourth-order valence-corrected chi connectivity index (χ4v) is 0.934. The van der Waals surface area contributed by atoms with Gasteiger partial charge in [-0.2, -0.15) is 0 Å². The maximum atomic E-state index is 12.8. The van der Waals surface area contributed by atoms with Crippen LogP contribution in [-0.2, 0) is 6.42 Å². The van der Waals surface area contributed by atoms with Gasteiger partial charge in [0.15, 0.2) is 23.7 Å². The van der Waals surface area contributed by atoms with E-state index in [1.54, 1.807) is 0 Å². The Balaban J connectivity index is 0.00000169. The van der Waals surface area contributed by atoms with Crippen LogP contribution in [0.25, 0.3) is 0 Å². The first kappa shape index (κ1) is 13.4. The van der Waals surface area contributed by atoms with Crippen LogP contribution in [0.3, 0.4) is 0 Å². The summed E-state index contributed by atoms with van der Waals surface area (Å²) < 4.78 is 49.9. The van der Waals surface area contributed by atoms with Crippen molar-refractivity contribution in [1.29, 1.82) is 0 Å². The van der Waals surface area contributed by atoms with E-state index in [1.165, 1.54) is 0 Å². The van der Waals surface area contributed by atoms with Crippen molar-refractivity contribution in [1.82, 2.24) is 0 Å². The lowest BCUT2D eigenvalue weighted by Crippen LogP contribution is -2.17. The Hall–Kier alpha value is -0.620. The van der Waals surface area contributed by atoms with Crippen LogP contribution in [0.2, 0.25) is 0 Å². The van der Waals surface area contributed by atoms with Crippen molar-refractivity contribution in [3.8, 4) is 0 Å². The van der Waals surface area contributed by atoms with Crippen molar-refractivity contribution in [2.45, 2.75) is 12.7 Å². The Kier molecular flexibility index (Phi) is 5.07. The third-order valence-electron chi connectivity index (χ3n) is 1.53. The zero-order valence-electron chi connectivity index (χ0n) is 6.94. The van der Waals surface area contributed by atoms with Crippen LogP contribution in [-0.4, -0.2) is 6.30 Å². The quantitative estimate of drug-likeness (QED) is 0.500. The molecule has 1 unspecified atom stereocenters. The molecule has 1 atom stereocenters. The first-order valence-electron chi connectivity index (χ1n) is 3.54. The first-order valence-corrected chi connectivity index (χ1v) is 3.54. The summed E-state index contributed by atoms with van der Waals surface area (Å²) in [5.41, 5.74) is 4.46. The van der Waals surface area contributed by atoms with Gasteiger partial charge in [0.05, 0.1) is 0 Å². The van der Waals surface area contributed by atoms with E-state index in [0.29, 0.717) is 0 Å². The van der Waals surface area contributed by atoms with Crippen LogP contribution in [0.1, 0.15) is 5.56 Å². The molecule has 1 rings (SSSR count). The summed E-state index contributed by atoms with van der Waals surface area (Å²) in [6.45, 7) is 0. The molecule has 0 aromatic heterocycles. The first-order chi connectivity index (χ1) is 6.02. The molecule has 2 N–H and O–H groups in total. The second kappa shape index (κ2) is 5.31. The van der Waals surface area contributed by atoms with Gasteiger partial charge in [0.25, 0.3) is 0 Å². The van der Waals surface area contributed by atoms with Crippen LogP contribution < -0.4 is 5.73 Å². The van der Waals surface area contributed by atoms with Crippen molar-refractivity contribution < 1.29 is 17.6 Å². The van der Waals surface area contributed by atoms with Crippen LogP contribution in [0, 0.1) is 17.5 Å². The summed E-state index contributed by atoms with van der Waals surface area (Å²) in [5, 5.41) is 0. The van der Waals surface area contributed by atoms with Crippen LogP contribution in [0.4, 0.5) is 17.6 Å². The molecule has 0 saturated heterocycles. The second-order valence-electron chi connectivity index (χ2n) is 2.55. The maximum absolute atomic E-state index is 12.8. The van der Waals surface area contributed by atoms with Gasteiger partial charge in [-0.05, 0) is 11.6 Å². The minimum absolute atomic E-state index is 0. The van der Waals surface area contributed by atoms with Crippen LogP contribution in [0.15, 0.2) is 12.1 Å². The van der Waals surface area contributed by atoms with E-state index < -0.39 is 30.2 Å². The molecule has 14 heavy (non-hydrogen) atoms. The Morgan fingerprint density at radius 1 is 1.14 bits per heavy atom. The van der Waals surface area contributed by atoms with Gasteiger partial charge in [-0.1, -0.05) is 6.07 Å². The molecule has 1 aromatic rings. The maximum Gasteiger partial charge on any atom is 0.194 e. The van der Waals surface area contributed by atoms with Crippen LogP contribution in [0.5, 0.6) is 0 Å². The molecular formula is C8H8BrF4N. The van der Waals surface area contributed by atoms with Gasteiger partial charge >= 0.3 is 0 Å². The second-order valence-corrected chi connectivity index (χ2v) is 2.55.